The molecule has 2 aromatic carbocycles. The van der Waals surface area contributed by atoms with E-state index in [1.807, 2.05) is 30.3 Å². The van der Waals surface area contributed by atoms with Gasteiger partial charge in [-0.1, -0.05) is 36.4 Å². The minimum absolute atomic E-state index is 0.0228. The van der Waals surface area contributed by atoms with E-state index in [1.165, 1.54) is 17.4 Å². The summed E-state index contributed by atoms with van der Waals surface area (Å²) in [6.45, 7) is 2.39. The summed E-state index contributed by atoms with van der Waals surface area (Å²) in [5, 5.41) is 2.89. The molecule has 0 bridgehead atoms. The van der Waals surface area contributed by atoms with Crippen LogP contribution in [0.25, 0.3) is 0 Å². The van der Waals surface area contributed by atoms with Gasteiger partial charge in [0.05, 0.1) is 20.8 Å². The van der Waals surface area contributed by atoms with Gasteiger partial charge in [0.2, 0.25) is 11.8 Å². The number of methoxy groups -OCH3 is 2. The molecule has 28 heavy (non-hydrogen) atoms. The maximum absolute atomic E-state index is 12.2. The molecular weight excluding hydrogens is 356 g/mol. The third-order valence-corrected chi connectivity index (χ3v) is 4.41. The van der Waals surface area contributed by atoms with Gasteiger partial charge in [-0.3, -0.25) is 9.59 Å². The lowest BCUT2D eigenvalue weighted by Crippen LogP contribution is -2.39. The quantitative estimate of drug-likeness (QED) is 0.640. The molecule has 1 N–H and O–H groups in total. The molecule has 0 saturated heterocycles. The van der Waals surface area contributed by atoms with Crippen molar-refractivity contribution < 1.29 is 19.1 Å². The summed E-state index contributed by atoms with van der Waals surface area (Å²) in [7, 11) is 3.13. The summed E-state index contributed by atoms with van der Waals surface area (Å²) in [5.74, 6) is 0.892. The summed E-state index contributed by atoms with van der Waals surface area (Å²) in [5.41, 5.74) is 2.11. The number of amides is 2. The monoisotopic (exact) mass is 384 g/mol. The molecule has 150 valence electrons. The van der Waals surface area contributed by atoms with Crippen molar-refractivity contribution in [3.8, 4) is 11.5 Å². The Hall–Kier alpha value is -3.02. The lowest BCUT2D eigenvalue weighted by molar-refractivity contribution is -0.134. The van der Waals surface area contributed by atoms with E-state index in [9.17, 15) is 9.59 Å². The lowest BCUT2D eigenvalue weighted by Gasteiger charge is -2.21. The molecule has 0 aliphatic carbocycles. The van der Waals surface area contributed by atoms with Crippen molar-refractivity contribution in [2.75, 3.05) is 27.3 Å². The molecule has 0 unspecified atom stereocenters. The minimum atomic E-state index is -0.163. The fourth-order valence-electron chi connectivity index (χ4n) is 2.87. The van der Waals surface area contributed by atoms with E-state index in [-0.39, 0.29) is 18.4 Å². The van der Waals surface area contributed by atoms with E-state index in [0.29, 0.717) is 24.6 Å². The predicted molar refractivity (Wildman–Crippen MR) is 108 cm³/mol. The van der Waals surface area contributed by atoms with Gasteiger partial charge in [0, 0.05) is 20.0 Å². The summed E-state index contributed by atoms with van der Waals surface area (Å²) in [6.07, 6.45) is 1.76. The van der Waals surface area contributed by atoms with E-state index in [2.05, 4.69) is 17.4 Å². The Morgan fingerprint density at radius 3 is 2.32 bits per heavy atom. The average Bonchev–Trinajstić information content (AvgIpc) is 2.71. The molecule has 0 aliphatic rings. The normalized spacial score (nSPS) is 10.2. The highest BCUT2D eigenvalue weighted by Crippen LogP contribution is 2.28. The molecule has 6 nitrogen and oxygen atoms in total. The van der Waals surface area contributed by atoms with Crippen molar-refractivity contribution >= 4 is 11.8 Å². The first-order valence-corrected chi connectivity index (χ1v) is 9.30. The molecule has 0 heterocycles. The van der Waals surface area contributed by atoms with Crippen LogP contribution in [0.1, 0.15) is 24.5 Å². The Bertz CT molecular complexity index is 777. The van der Waals surface area contributed by atoms with Crippen LogP contribution in [0, 0.1) is 0 Å². The van der Waals surface area contributed by atoms with E-state index >= 15 is 0 Å². The first-order valence-electron chi connectivity index (χ1n) is 9.30. The van der Waals surface area contributed by atoms with Crippen LogP contribution in [0.15, 0.2) is 48.5 Å². The van der Waals surface area contributed by atoms with Gasteiger partial charge in [-0.25, -0.2) is 0 Å². The highest BCUT2D eigenvalue weighted by atomic mass is 16.5. The largest absolute Gasteiger partial charge is 0.493 e. The molecule has 6 heteroatoms. The number of carbonyl (C=O) groups excluding carboxylic acids is 2. The van der Waals surface area contributed by atoms with E-state index in [1.54, 1.807) is 20.3 Å². The highest BCUT2D eigenvalue weighted by molar-refractivity contribution is 5.83. The van der Waals surface area contributed by atoms with Crippen molar-refractivity contribution in [3.63, 3.8) is 0 Å². The first-order chi connectivity index (χ1) is 13.5. The zero-order valence-corrected chi connectivity index (χ0v) is 16.7. The molecule has 0 spiro atoms. The molecule has 2 rings (SSSR count). The molecule has 2 amide bonds. The molecule has 0 saturated carbocycles. The van der Waals surface area contributed by atoms with Crippen molar-refractivity contribution in [2.24, 2.45) is 0 Å². The standard InChI is InChI=1S/C22H28N2O4/c1-17(25)24(15-19-11-12-20(27-2)21(14-19)28-3)16-22(26)23-13-7-10-18-8-5-4-6-9-18/h4-6,8-9,11-12,14H,7,10,13,15-16H2,1-3H3,(H,23,26). The maximum Gasteiger partial charge on any atom is 0.239 e. The van der Waals surface area contributed by atoms with Crippen molar-refractivity contribution in [2.45, 2.75) is 26.3 Å². The second-order valence-corrected chi connectivity index (χ2v) is 6.50. The molecule has 0 fully saturated rings. The molecule has 0 radical (unpaired) electrons. The van der Waals surface area contributed by atoms with E-state index in [0.717, 1.165) is 18.4 Å². The summed E-state index contributed by atoms with van der Waals surface area (Å²) in [4.78, 5) is 25.7. The predicted octanol–water partition coefficient (Wildman–Crippen LogP) is 2.80. The summed E-state index contributed by atoms with van der Waals surface area (Å²) < 4.78 is 10.5. The summed E-state index contributed by atoms with van der Waals surface area (Å²) in [6, 6.07) is 15.6. The number of hydrogen-bond donors (Lipinski definition) is 1. The third-order valence-electron chi connectivity index (χ3n) is 4.41. The number of benzene rings is 2. The van der Waals surface area contributed by atoms with Crippen molar-refractivity contribution in [3.05, 3.63) is 59.7 Å². The fourth-order valence-corrected chi connectivity index (χ4v) is 2.87. The average molecular weight is 384 g/mol. The Balaban J connectivity index is 1.84. The third kappa shape index (κ3) is 6.61. The second kappa shape index (κ2) is 11.0. The fraction of sp³-hybridized carbons (Fsp3) is 0.364. The van der Waals surface area contributed by atoms with Gasteiger partial charge in [0.25, 0.3) is 0 Å². The SMILES string of the molecule is COc1ccc(CN(CC(=O)NCCCc2ccccc2)C(C)=O)cc1OC. The van der Waals surface area contributed by atoms with Gasteiger partial charge in [-0.05, 0) is 36.1 Å². The number of nitrogens with one attached hydrogen (secondary N) is 1. The van der Waals surface area contributed by atoms with Crippen LogP contribution in [-0.2, 0) is 22.6 Å². The van der Waals surface area contributed by atoms with Gasteiger partial charge < -0.3 is 19.7 Å². The molecular formula is C22H28N2O4. The number of rotatable bonds is 10. The maximum atomic E-state index is 12.2. The van der Waals surface area contributed by atoms with Crippen molar-refractivity contribution in [1.82, 2.24) is 10.2 Å². The Kier molecular flexibility index (Phi) is 8.34. The van der Waals surface area contributed by atoms with Crippen LogP contribution in [0.2, 0.25) is 0 Å². The highest BCUT2D eigenvalue weighted by Gasteiger charge is 2.15. The van der Waals surface area contributed by atoms with E-state index < -0.39 is 0 Å². The topological polar surface area (TPSA) is 67.9 Å². The van der Waals surface area contributed by atoms with Crippen LogP contribution < -0.4 is 14.8 Å². The molecule has 2 aromatic rings. The molecule has 0 atom stereocenters. The van der Waals surface area contributed by atoms with E-state index in [4.69, 9.17) is 9.47 Å². The van der Waals surface area contributed by atoms with Crippen LogP contribution in [-0.4, -0.2) is 44.0 Å². The number of ether oxygens (including phenoxy) is 2. The molecule has 0 aromatic heterocycles. The zero-order chi connectivity index (χ0) is 20.4. The zero-order valence-electron chi connectivity index (χ0n) is 16.7. The van der Waals surface area contributed by atoms with Gasteiger partial charge in [-0.2, -0.15) is 0 Å². The second-order valence-electron chi connectivity index (χ2n) is 6.50. The van der Waals surface area contributed by atoms with Crippen molar-refractivity contribution in [1.29, 1.82) is 0 Å². The Labute approximate surface area is 166 Å². The first kappa shape index (κ1) is 21.3. The smallest absolute Gasteiger partial charge is 0.239 e. The lowest BCUT2D eigenvalue weighted by atomic mass is 10.1. The van der Waals surface area contributed by atoms with Gasteiger partial charge >= 0.3 is 0 Å². The Morgan fingerprint density at radius 1 is 0.964 bits per heavy atom. The van der Waals surface area contributed by atoms with Crippen LogP contribution in [0.4, 0.5) is 0 Å². The summed E-state index contributed by atoms with van der Waals surface area (Å²) >= 11 is 0. The molecule has 0 aliphatic heterocycles. The van der Waals surface area contributed by atoms with Gasteiger partial charge in [-0.15, -0.1) is 0 Å². The van der Waals surface area contributed by atoms with Crippen LogP contribution in [0.5, 0.6) is 11.5 Å². The minimum Gasteiger partial charge on any atom is -0.493 e. The number of aryl methyl sites for hydroxylation is 1. The number of hydrogen-bond acceptors (Lipinski definition) is 4. The van der Waals surface area contributed by atoms with Gasteiger partial charge in [0.1, 0.15) is 0 Å². The number of nitrogens with zero attached hydrogens (tertiary/aromatic N) is 1. The van der Waals surface area contributed by atoms with Crippen LogP contribution >= 0.6 is 0 Å². The van der Waals surface area contributed by atoms with Gasteiger partial charge in [0.15, 0.2) is 11.5 Å². The Morgan fingerprint density at radius 2 is 1.68 bits per heavy atom. The number of carbonyl (C=O) groups is 2. The van der Waals surface area contributed by atoms with Crippen LogP contribution in [0.3, 0.4) is 0 Å².